The van der Waals surface area contributed by atoms with E-state index in [1.165, 1.54) is 0 Å². The van der Waals surface area contributed by atoms with Gasteiger partial charge in [0.2, 0.25) is 11.8 Å². The Kier molecular flexibility index (Phi) is 6.91. The van der Waals surface area contributed by atoms with Crippen LogP contribution >= 0.6 is 0 Å². The van der Waals surface area contributed by atoms with Gasteiger partial charge in [-0.05, 0) is 48.4 Å². The van der Waals surface area contributed by atoms with E-state index in [9.17, 15) is 14.4 Å². The van der Waals surface area contributed by atoms with Crippen LogP contribution in [0.4, 0.5) is 0 Å². The molecule has 7 heteroatoms. The van der Waals surface area contributed by atoms with Crippen molar-refractivity contribution in [1.29, 1.82) is 0 Å². The van der Waals surface area contributed by atoms with Crippen molar-refractivity contribution in [3.8, 4) is 5.75 Å². The molecule has 2 fully saturated rings. The molecule has 1 saturated carbocycles. The molecule has 180 valence electrons. The van der Waals surface area contributed by atoms with E-state index in [4.69, 9.17) is 4.74 Å². The van der Waals surface area contributed by atoms with Gasteiger partial charge in [-0.15, -0.1) is 0 Å². The molecule has 2 aromatic rings. The molecule has 4 rings (SSSR count). The summed E-state index contributed by atoms with van der Waals surface area (Å²) >= 11 is 0. The maximum atomic E-state index is 12.8. The molecule has 3 amide bonds. The fraction of sp³-hybridized carbons (Fsp3) is 0.444. The van der Waals surface area contributed by atoms with E-state index in [2.05, 4.69) is 36.7 Å². The van der Waals surface area contributed by atoms with Crippen LogP contribution in [0.15, 0.2) is 48.5 Å². The van der Waals surface area contributed by atoms with Gasteiger partial charge in [-0.2, -0.15) is 0 Å². The Bertz CT molecular complexity index is 1060. The van der Waals surface area contributed by atoms with Crippen LogP contribution in [0.3, 0.4) is 0 Å². The maximum absolute atomic E-state index is 12.8. The van der Waals surface area contributed by atoms with Gasteiger partial charge in [0.1, 0.15) is 12.4 Å². The molecule has 7 nitrogen and oxygen atoms in total. The quantitative estimate of drug-likeness (QED) is 0.588. The number of nitrogens with one attached hydrogen (secondary N) is 3. The number of ether oxygens (including phenoxy) is 1. The molecule has 1 aliphatic carbocycles. The standard InChI is InChI=1S/C27H33N3O4/c1-27(2,3)21-13-18(9-12-23(21)34-16-17-7-5-4-6-8-17)25(32)28-15-24(31)30-22-11-10-19-14-20(22)26(33)29-19/h4-9,12-13,19-20,22H,10-11,14-16H2,1-3H3,(H,28,32)(H,29,33)(H,30,31)/t19-,20-,22+/m1/s1. The summed E-state index contributed by atoms with van der Waals surface area (Å²) in [4.78, 5) is 37.3. The third kappa shape index (κ3) is 5.58. The van der Waals surface area contributed by atoms with Crippen LogP contribution in [0.1, 0.15) is 61.5 Å². The van der Waals surface area contributed by atoms with E-state index in [1.54, 1.807) is 6.07 Å². The van der Waals surface area contributed by atoms with Crippen LogP contribution in [0.25, 0.3) is 0 Å². The predicted octanol–water partition coefficient (Wildman–Crippen LogP) is 3.08. The Morgan fingerprint density at radius 3 is 2.59 bits per heavy atom. The van der Waals surface area contributed by atoms with Gasteiger partial charge in [-0.3, -0.25) is 14.4 Å². The van der Waals surface area contributed by atoms with Gasteiger partial charge in [-0.1, -0.05) is 51.1 Å². The minimum atomic E-state index is -0.322. The average Bonchev–Trinajstić information content (AvgIpc) is 3.12. The van der Waals surface area contributed by atoms with Gasteiger partial charge >= 0.3 is 0 Å². The molecule has 1 heterocycles. The number of fused-ring (bicyclic) bond motifs is 2. The molecule has 0 aromatic heterocycles. The first kappa shape index (κ1) is 23.8. The van der Waals surface area contributed by atoms with Crippen LogP contribution in [-0.4, -0.2) is 36.3 Å². The second-order valence-electron chi connectivity index (χ2n) is 10.2. The lowest BCUT2D eigenvalue weighted by Gasteiger charge is -2.27. The maximum Gasteiger partial charge on any atom is 0.251 e. The second kappa shape index (κ2) is 9.87. The van der Waals surface area contributed by atoms with Crippen LogP contribution in [-0.2, 0) is 21.6 Å². The van der Waals surface area contributed by atoms with Crippen molar-refractivity contribution < 1.29 is 19.1 Å². The molecule has 0 radical (unpaired) electrons. The summed E-state index contributed by atoms with van der Waals surface area (Å²) in [5.74, 6) is -0.0266. The Morgan fingerprint density at radius 2 is 1.85 bits per heavy atom. The van der Waals surface area contributed by atoms with Crippen LogP contribution in [0.2, 0.25) is 0 Å². The number of benzene rings is 2. The van der Waals surface area contributed by atoms with Gasteiger partial charge in [0, 0.05) is 23.2 Å². The molecule has 34 heavy (non-hydrogen) atoms. The normalized spacial score (nSPS) is 21.5. The summed E-state index contributed by atoms with van der Waals surface area (Å²) < 4.78 is 6.07. The highest BCUT2D eigenvalue weighted by atomic mass is 16.5. The van der Waals surface area contributed by atoms with E-state index >= 15 is 0 Å². The number of rotatable bonds is 7. The lowest BCUT2D eigenvalue weighted by Crippen LogP contribution is -2.47. The molecule has 2 bridgehead atoms. The van der Waals surface area contributed by atoms with E-state index in [1.807, 2.05) is 42.5 Å². The summed E-state index contributed by atoms with van der Waals surface area (Å²) in [5, 5.41) is 8.59. The molecule has 3 atom stereocenters. The van der Waals surface area contributed by atoms with Crippen molar-refractivity contribution in [2.75, 3.05) is 6.54 Å². The van der Waals surface area contributed by atoms with Crippen LogP contribution < -0.4 is 20.7 Å². The Labute approximate surface area is 200 Å². The van der Waals surface area contributed by atoms with Gasteiger partial charge in [0.05, 0.1) is 12.5 Å². The average molecular weight is 464 g/mol. The minimum Gasteiger partial charge on any atom is -0.489 e. The lowest BCUT2D eigenvalue weighted by molar-refractivity contribution is -0.124. The lowest BCUT2D eigenvalue weighted by atomic mass is 9.85. The van der Waals surface area contributed by atoms with Gasteiger partial charge in [0.25, 0.3) is 5.91 Å². The monoisotopic (exact) mass is 463 g/mol. The number of carbonyl (C=O) groups excluding carboxylic acids is 3. The van der Waals surface area contributed by atoms with Gasteiger partial charge in [0.15, 0.2) is 0 Å². The zero-order chi connectivity index (χ0) is 24.3. The summed E-state index contributed by atoms with van der Waals surface area (Å²) in [5.41, 5.74) is 2.23. The first-order chi connectivity index (χ1) is 16.2. The van der Waals surface area contributed by atoms with Crippen molar-refractivity contribution in [1.82, 2.24) is 16.0 Å². The second-order valence-corrected chi connectivity index (χ2v) is 10.2. The molecule has 2 aromatic carbocycles. The highest BCUT2D eigenvalue weighted by Crippen LogP contribution is 2.33. The molecule has 1 saturated heterocycles. The van der Waals surface area contributed by atoms with Gasteiger partial charge in [-0.25, -0.2) is 0 Å². The Balaban J connectivity index is 1.36. The van der Waals surface area contributed by atoms with E-state index < -0.39 is 0 Å². The third-order valence-electron chi connectivity index (χ3n) is 6.58. The molecular weight excluding hydrogens is 430 g/mol. The van der Waals surface area contributed by atoms with Crippen molar-refractivity contribution in [2.24, 2.45) is 5.92 Å². The van der Waals surface area contributed by atoms with E-state index in [-0.39, 0.29) is 47.7 Å². The fourth-order valence-corrected chi connectivity index (χ4v) is 4.71. The SMILES string of the molecule is CC(C)(C)c1cc(C(=O)NCC(=O)N[C@H]2CC[C@@H]3C[C@H]2C(=O)N3)ccc1OCc1ccccc1. The molecule has 3 N–H and O–H groups in total. The molecule has 0 spiro atoms. The van der Waals surface area contributed by atoms with Crippen molar-refractivity contribution in [3.05, 3.63) is 65.2 Å². The predicted molar refractivity (Wildman–Crippen MR) is 129 cm³/mol. The molecule has 2 aliphatic rings. The first-order valence-electron chi connectivity index (χ1n) is 11.9. The largest absolute Gasteiger partial charge is 0.489 e. The summed E-state index contributed by atoms with van der Waals surface area (Å²) in [6.07, 6.45) is 2.41. The highest BCUT2D eigenvalue weighted by Gasteiger charge is 2.42. The number of amides is 3. The minimum absolute atomic E-state index is 0.0149. The van der Waals surface area contributed by atoms with Gasteiger partial charge < -0.3 is 20.7 Å². The number of hydrogen-bond acceptors (Lipinski definition) is 4. The Hall–Kier alpha value is -3.35. The highest BCUT2D eigenvalue weighted by molar-refractivity contribution is 5.97. The number of hydrogen-bond donors (Lipinski definition) is 3. The fourth-order valence-electron chi connectivity index (χ4n) is 4.71. The topological polar surface area (TPSA) is 96.5 Å². The first-order valence-corrected chi connectivity index (χ1v) is 11.9. The summed E-state index contributed by atoms with van der Waals surface area (Å²) in [7, 11) is 0. The molecule has 1 aliphatic heterocycles. The summed E-state index contributed by atoms with van der Waals surface area (Å²) in [6, 6.07) is 15.4. The third-order valence-corrected chi connectivity index (χ3v) is 6.58. The Morgan fingerprint density at radius 1 is 1.09 bits per heavy atom. The smallest absolute Gasteiger partial charge is 0.251 e. The van der Waals surface area contributed by atoms with Crippen molar-refractivity contribution >= 4 is 17.7 Å². The van der Waals surface area contributed by atoms with Crippen molar-refractivity contribution in [3.63, 3.8) is 0 Å². The number of carbonyl (C=O) groups is 3. The molecular formula is C27H33N3O4. The van der Waals surface area contributed by atoms with E-state index in [0.29, 0.717) is 12.2 Å². The summed E-state index contributed by atoms with van der Waals surface area (Å²) in [6.45, 7) is 6.52. The van der Waals surface area contributed by atoms with Crippen LogP contribution in [0, 0.1) is 5.92 Å². The van der Waals surface area contributed by atoms with E-state index in [0.717, 1.165) is 36.1 Å². The zero-order valence-electron chi connectivity index (χ0n) is 20.0. The molecule has 0 unspecified atom stereocenters. The van der Waals surface area contributed by atoms with Crippen molar-refractivity contribution in [2.45, 2.75) is 64.1 Å². The zero-order valence-corrected chi connectivity index (χ0v) is 20.0. The van der Waals surface area contributed by atoms with Crippen LogP contribution in [0.5, 0.6) is 5.75 Å².